The highest BCUT2D eigenvalue weighted by Gasteiger charge is 2.42. The number of carbonyl (C=O) groups is 1. The maximum absolute atomic E-state index is 11.2. The topological polar surface area (TPSA) is 67.2 Å². The molecule has 2 heterocycles. The first-order chi connectivity index (χ1) is 6.73. The van der Waals surface area contributed by atoms with E-state index in [1.54, 1.807) is 11.3 Å². The van der Waals surface area contributed by atoms with E-state index in [-0.39, 0.29) is 5.91 Å². The van der Waals surface area contributed by atoms with Crippen molar-refractivity contribution in [1.29, 1.82) is 0 Å². The third kappa shape index (κ3) is 1.66. The monoisotopic (exact) mass is 211 g/mol. The number of hydrogen-bond donors (Lipinski definition) is 3. The Kier molecular flexibility index (Phi) is 2.54. The summed E-state index contributed by atoms with van der Waals surface area (Å²) in [5.41, 5.74) is 4.81. The highest BCUT2D eigenvalue weighted by molar-refractivity contribution is 7.09. The quantitative estimate of drug-likeness (QED) is 0.638. The van der Waals surface area contributed by atoms with Gasteiger partial charge >= 0.3 is 0 Å². The standard InChI is InChI=1S/C9H13N3OS/c10-8(13)9(5-11-6-9)12-4-7-2-1-3-14-7/h1-3,11-12H,4-6H2,(H2,10,13). The molecule has 1 aliphatic rings. The van der Waals surface area contributed by atoms with Gasteiger partial charge in [-0.15, -0.1) is 11.3 Å². The summed E-state index contributed by atoms with van der Waals surface area (Å²) in [6, 6.07) is 4.04. The number of thiophene rings is 1. The molecule has 2 rings (SSSR count). The predicted molar refractivity (Wildman–Crippen MR) is 56.0 cm³/mol. The van der Waals surface area contributed by atoms with Gasteiger partial charge in [0.05, 0.1) is 0 Å². The van der Waals surface area contributed by atoms with Gasteiger partial charge in [-0.2, -0.15) is 0 Å². The molecule has 0 aliphatic carbocycles. The number of hydrogen-bond acceptors (Lipinski definition) is 4. The van der Waals surface area contributed by atoms with Gasteiger partial charge in [0.15, 0.2) is 0 Å². The summed E-state index contributed by atoms with van der Waals surface area (Å²) in [6.07, 6.45) is 0. The Hall–Kier alpha value is -0.910. The Morgan fingerprint density at radius 1 is 1.71 bits per heavy atom. The molecule has 1 saturated heterocycles. The molecule has 4 nitrogen and oxygen atoms in total. The van der Waals surface area contributed by atoms with Crippen LogP contribution in [0.25, 0.3) is 0 Å². The fourth-order valence-corrected chi connectivity index (χ4v) is 2.08. The molecule has 0 spiro atoms. The molecule has 0 unspecified atom stereocenters. The number of primary amides is 1. The minimum Gasteiger partial charge on any atom is -0.368 e. The van der Waals surface area contributed by atoms with E-state index in [2.05, 4.69) is 10.6 Å². The van der Waals surface area contributed by atoms with Crippen LogP contribution < -0.4 is 16.4 Å². The van der Waals surface area contributed by atoms with Crippen molar-refractivity contribution in [3.05, 3.63) is 22.4 Å². The van der Waals surface area contributed by atoms with Gasteiger partial charge in [-0.25, -0.2) is 0 Å². The van der Waals surface area contributed by atoms with Gasteiger partial charge in [-0.05, 0) is 11.4 Å². The summed E-state index contributed by atoms with van der Waals surface area (Å²) in [5.74, 6) is -0.271. The molecule has 76 valence electrons. The second-order valence-electron chi connectivity index (χ2n) is 3.48. The zero-order valence-corrected chi connectivity index (χ0v) is 8.56. The zero-order chi connectivity index (χ0) is 10.0. The fraction of sp³-hybridized carbons (Fsp3) is 0.444. The SMILES string of the molecule is NC(=O)C1(NCc2cccs2)CNC1. The average Bonchev–Trinajstić information content (AvgIpc) is 2.53. The fourth-order valence-electron chi connectivity index (χ4n) is 1.43. The van der Waals surface area contributed by atoms with Gasteiger partial charge in [0.25, 0.3) is 0 Å². The van der Waals surface area contributed by atoms with Crippen molar-refractivity contribution in [2.75, 3.05) is 13.1 Å². The minimum atomic E-state index is -0.524. The molecule has 0 bridgehead atoms. The van der Waals surface area contributed by atoms with E-state index < -0.39 is 5.54 Å². The molecule has 0 aromatic carbocycles. The lowest BCUT2D eigenvalue weighted by Crippen LogP contribution is -2.73. The van der Waals surface area contributed by atoms with Crippen molar-refractivity contribution in [1.82, 2.24) is 10.6 Å². The Morgan fingerprint density at radius 3 is 2.93 bits per heavy atom. The maximum atomic E-state index is 11.2. The molecular formula is C9H13N3OS. The van der Waals surface area contributed by atoms with Crippen molar-refractivity contribution in [2.24, 2.45) is 5.73 Å². The zero-order valence-electron chi connectivity index (χ0n) is 7.75. The van der Waals surface area contributed by atoms with Crippen molar-refractivity contribution in [3.63, 3.8) is 0 Å². The molecule has 1 aromatic heterocycles. The predicted octanol–water partition coefficient (Wildman–Crippen LogP) is -0.335. The number of nitrogens with two attached hydrogens (primary N) is 1. The summed E-state index contributed by atoms with van der Waals surface area (Å²) in [7, 11) is 0. The van der Waals surface area contributed by atoms with Crippen molar-refractivity contribution in [2.45, 2.75) is 12.1 Å². The van der Waals surface area contributed by atoms with E-state index in [9.17, 15) is 4.79 Å². The van der Waals surface area contributed by atoms with Crippen LogP contribution in [0.5, 0.6) is 0 Å². The third-order valence-electron chi connectivity index (χ3n) is 2.51. The van der Waals surface area contributed by atoms with Gasteiger partial charge in [0, 0.05) is 24.5 Å². The molecule has 5 heteroatoms. The van der Waals surface area contributed by atoms with E-state index in [4.69, 9.17) is 5.73 Å². The lowest BCUT2D eigenvalue weighted by Gasteiger charge is -2.40. The molecule has 0 radical (unpaired) electrons. The van der Waals surface area contributed by atoms with Crippen LogP contribution in [-0.2, 0) is 11.3 Å². The first kappa shape index (κ1) is 9.64. The van der Waals surface area contributed by atoms with Gasteiger partial charge in [-0.1, -0.05) is 6.07 Å². The Balaban J connectivity index is 1.93. The van der Waals surface area contributed by atoms with Crippen molar-refractivity contribution < 1.29 is 4.79 Å². The van der Waals surface area contributed by atoms with Gasteiger partial charge in [0.1, 0.15) is 5.54 Å². The minimum absolute atomic E-state index is 0.271. The van der Waals surface area contributed by atoms with Crippen LogP contribution in [0.15, 0.2) is 17.5 Å². The Labute approximate surface area is 86.5 Å². The number of carbonyl (C=O) groups excluding carboxylic acids is 1. The first-order valence-corrected chi connectivity index (χ1v) is 5.39. The smallest absolute Gasteiger partial charge is 0.240 e. The van der Waals surface area contributed by atoms with Gasteiger partial charge in [-0.3, -0.25) is 10.1 Å². The second-order valence-corrected chi connectivity index (χ2v) is 4.52. The summed E-state index contributed by atoms with van der Waals surface area (Å²) in [4.78, 5) is 12.4. The van der Waals surface area contributed by atoms with Crippen molar-refractivity contribution >= 4 is 17.2 Å². The molecule has 1 aromatic rings. The number of rotatable bonds is 4. The number of amides is 1. The average molecular weight is 211 g/mol. The molecule has 1 aliphatic heterocycles. The van der Waals surface area contributed by atoms with E-state index >= 15 is 0 Å². The van der Waals surface area contributed by atoms with E-state index in [0.29, 0.717) is 19.6 Å². The van der Waals surface area contributed by atoms with Crippen molar-refractivity contribution in [3.8, 4) is 0 Å². The van der Waals surface area contributed by atoms with Crippen LogP contribution in [0.3, 0.4) is 0 Å². The maximum Gasteiger partial charge on any atom is 0.240 e. The van der Waals surface area contributed by atoms with Crippen LogP contribution in [0.1, 0.15) is 4.88 Å². The molecule has 0 saturated carbocycles. The third-order valence-corrected chi connectivity index (χ3v) is 3.38. The Bertz CT molecular complexity index is 319. The van der Waals surface area contributed by atoms with Gasteiger partial charge in [0.2, 0.25) is 5.91 Å². The summed E-state index contributed by atoms with van der Waals surface area (Å²) >= 11 is 1.67. The lowest BCUT2D eigenvalue weighted by atomic mass is 9.91. The van der Waals surface area contributed by atoms with Crippen LogP contribution in [0.2, 0.25) is 0 Å². The second kappa shape index (κ2) is 3.68. The van der Waals surface area contributed by atoms with Crippen LogP contribution >= 0.6 is 11.3 Å². The highest BCUT2D eigenvalue weighted by atomic mass is 32.1. The molecule has 0 atom stereocenters. The highest BCUT2D eigenvalue weighted by Crippen LogP contribution is 2.14. The van der Waals surface area contributed by atoms with Crippen LogP contribution in [-0.4, -0.2) is 24.5 Å². The van der Waals surface area contributed by atoms with E-state index in [0.717, 1.165) is 0 Å². The summed E-state index contributed by atoms with van der Waals surface area (Å²) < 4.78 is 0. The molecule has 1 fully saturated rings. The summed E-state index contributed by atoms with van der Waals surface area (Å²) in [6.45, 7) is 1.98. The van der Waals surface area contributed by atoms with E-state index in [1.807, 2.05) is 17.5 Å². The first-order valence-electron chi connectivity index (χ1n) is 4.51. The lowest BCUT2D eigenvalue weighted by molar-refractivity contribution is -0.126. The number of nitrogens with one attached hydrogen (secondary N) is 2. The summed E-state index contributed by atoms with van der Waals surface area (Å²) in [5, 5.41) is 8.28. The molecule has 4 N–H and O–H groups in total. The van der Waals surface area contributed by atoms with Crippen LogP contribution in [0.4, 0.5) is 0 Å². The molecule has 14 heavy (non-hydrogen) atoms. The normalized spacial score (nSPS) is 18.9. The van der Waals surface area contributed by atoms with E-state index in [1.165, 1.54) is 4.88 Å². The molecular weight excluding hydrogens is 198 g/mol. The van der Waals surface area contributed by atoms with Gasteiger partial charge < -0.3 is 11.1 Å². The van der Waals surface area contributed by atoms with Crippen LogP contribution in [0, 0.1) is 0 Å². The largest absolute Gasteiger partial charge is 0.368 e. The molecule has 1 amide bonds. The Morgan fingerprint density at radius 2 is 2.50 bits per heavy atom.